The smallest absolute Gasteiger partial charge is 0.257 e. The molecular formula is C15H19N5O2. The molecule has 1 N–H and O–H groups in total. The van der Waals surface area contributed by atoms with Crippen molar-refractivity contribution in [3.05, 3.63) is 45.9 Å². The number of nitrogens with one attached hydrogen (secondary N) is 1. The van der Waals surface area contributed by atoms with Crippen LogP contribution in [0.4, 0.5) is 0 Å². The van der Waals surface area contributed by atoms with Crippen molar-refractivity contribution in [1.29, 1.82) is 0 Å². The van der Waals surface area contributed by atoms with Crippen molar-refractivity contribution in [2.24, 2.45) is 7.05 Å². The molecule has 1 amide bonds. The maximum atomic E-state index is 12.5. The molecule has 1 aliphatic heterocycles. The van der Waals surface area contributed by atoms with Gasteiger partial charge < -0.3 is 9.88 Å². The lowest BCUT2D eigenvalue weighted by atomic mass is 9.94. The summed E-state index contributed by atoms with van der Waals surface area (Å²) in [5.41, 5.74) is 1.22. The lowest BCUT2D eigenvalue weighted by molar-refractivity contribution is 0.0705. The quantitative estimate of drug-likeness (QED) is 0.890. The van der Waals surface area contributed by atoms with E-state index in [1.165, 1.54) is 6.07 Å². The van der Waals surface area contributed by atoms with Crippen LogP contribution in [-0.4, -0.2) is 43.6 Å². The molecule has 7 nitrogen and oxygen atoms in total. The minimum Gasteiger partial charge on any atom is -0.338 e. The van der Waals surface area contributed by atoms with Gasteiger partial charge in [0.1, 0.15) is 5.82 Å². The number of H-pyrrole nitrogens is 1. The fourth-order valence-electron chi connectivity index (χ4n) is 2.93. The van der Waals surface area contributed by atoms with Crippen LogP contribution in [0, 0.1) is 6.92 Å². The molecule has 22 heavy (non-hydrogen) atoms. The highest BCUT2D eigenvalue weighted by atomic mass is 16.2. The number of aromatic amines is 1. The van der Waals surface area contributed by atoms with E-state index in [2.05, 4.69) is 15.1 Å². The van der Waals surface area contributed by atoms with Gasteiger partial charge in [0.05, 0.1) is 17.5 Å². The first-order valence-corrected chi connectivity index (χ1v) is 7.39. The van der Waals surface area contributed by atoms with Gasteiger partial charge in [-0.05, 0) is 19.8 Å². The fourth-order valence-corrected chi connectivity index (χ4v) is 2.93. The van der Waals surface area contributed by atoms with Crippen molar-refractivity contribution in [3.8, 4) is 0 Å². The largest absolute Gasteiger partial charge is 0.338 e. The summed E-state index contributed by atoms with van der Waals surface area (Å²) in [4.78, 5) is 33.0. The highest BCUT2D eigenvalue weighted by Crippen LogP contribution is 2.25. The summed E-state index contributed by atoms with van der Waals surface area (Å²) in [6.45, 7) is 3.09. The molecular weight excluding hydrogens is 282 g/mol. The van der Waals surface area contributed by atoms with Gasteiger partial charge in [-0.2, -0.15) is 5.10 Å². The van der Waals surface area contributed by atoms with E-state index in [0.29, 0.717) is 17.9 Å². The van der Waals surface area contributed by atoms with Crippen molar-refractivity contribution in [1.82, 2.24) is 24.6 Å². The minimum absolute atomic E-state index is 0.0145. The Morgan fingerprint density at radius 3 is 2.95 bits per heavy atom. The van der Waals surface area contributed by atoms with Gasteiger partial charge in [-0.3, -0.25) is 14.3 Å². The van der Waals surface area contributed by atoms with Gasteiger partial charge in [-0.15, -0.1) is 0 Å². The number of likely N-dealkylation sites (tertiary alicyclic amines) is 1. The molecule has 1 saturated heterocycles. The number of carbonyl (C=O) groups is 1. The molecule has 116 valence electrons. The van der Waals surface area contributed by atoms with E-state index in [9.17, 15) is 9.59 Å². The van der Waals surface area contributed by atoms with Crippen LogP contribution in [0.3, 0.4) is 0 Å². The van der Waals surface area contributed by atoms with E-state index in [1.807, 2.05) is 4.90 Å². The molecule has 0 aliphatic carbocycles. The van der Waals surface area contributed by atoms with E-state index in [-0.39, 0.29) is 17.4 Å². The first kappa shape index (κ1) is 14.5. The summed E-state index contributed by atoms with van der Waals surface area (Å²) in [7, 11) is 1.79. The molecule has 0 saturated carbocycles. The van der Waals surface area contributed by atoms with Crippen LogP contribution < -0.4 is 5.56 Å². The second-order valence-corrected chi connectivity index (χ2v) is 5.75. The zero-order chi connectivity index (χ0) is 15.7. The molecule has 7 heteroatoms. The number of amides is 1. The van der Waals surface area contributed by atoms with Gasteiger partial charge in [0.2, 0.25) is 0 Å². The van der Waals surface area contributed by atoms with E-state index in [1.54, 1.807) is 31.0 Å². The van der Waals surface area contributed by atoms with Crippen LogP contribution in [0.25, 0.3) is 0 Å². The third-order valence-corrected chi connectivity index (χ3v) is 3.96. The topological polar surface area (TPSA) is 83.9 Å². The average Bonchev–Trinajstić information content (AvgIpc) is 2.92. The van der Waals surface area contributed by atoms with Crippen molar-refractivity contribution in [2.75, 3.05) is 13.1 Å². The number of rotatable bonds is 2. The van der Waals surface area contributed by atoms with Crippen LogP contribution in [0.5, 0.6) is 0 Å². The summed E-state index contributed by atoms with van der Waals surface area (Å²) >= 11 is 0. The lowest BCUT2D eigenvalue weighted by Crippen LogP contribution is -2.39. The number of piperidine rings is 1. The molecule has 3 rings (SSSR count). The molecule has 0 radical (unpaired) electrons. The first-order chi connectivity index (χ1) is 10.5. The van der Waals surface area contributed by atoms with Crippen molar-refractivity contribution in [3.63, 3.8) is 0 Å². The summed E-state index contributed by atoms with van der Waals surface area (Å²) in [6.07, 6.45) is 5.15. The zero-order valence-corrected chi connectivity index (χ0v) is 12.7. The van der Waals surface area contributed by atoms with Gasteiger partial charge in [-0.25, -0.2) is 4.98 Å². The highest BCUT2D eigenvalue weighted by molar-refractivity contribution is 5.93. The van der Waals surface area contributed by atoms with E-state index < -0.39 is 0 Å². The molecule has 0 bridgehead atoms. The molecule has 0 aromatic carbocycles. The van der Waals surface area contributed by atoms with Gasteiger partial charge in [0.25, 0.3) is 11.5 Å². The lowest BCUT2D eigenvalue weighted by Gasteiger charge is -2.32. The van der Waals surface area contributed by atoms with Crippen molar-refractivity contribution < 1.29 is 4.79 Å². The number of hydrogen-bond acceptors (Lipinski definition) is 4. The van der Waals surface area contributed by atoms with Crippen molar-refractivity contribution in [2.45, 2.75) is 25.7 Å². The van der Waals surface area contributed by atoms with Gasteiger partial charge in [0.15, 0.2) is 0 Å². The van der Waals surface area contributed by atoms with Gasteiger partial charge in [0, 0.05) is 38.3 Å². The maximum absolute atomic E-state index is 12.5. The SMILES string of the molecule is Cc1nc(C2CCCN(C(=O)c3cnn(C)c3)C2)cc(=O)[nH]1. The standard InChI is InChI=1S/C15H19N5O2/c1-10-17-13(6-14(21)18-10)11-4-3-5-20(9-11)15(22)12-7-16-19(2)8-12/h6-8,11H,3-5,9H2,1-2H3,(H,17,18,21). The predicted molar refractivity (Wildman–Crippen MR) is 80.7 cm³/mol. The summed E-state index contributed by atoms with van der Waals surface area (Å²) in [6, 6.07) is 1.54. The van der Waals surface area contributed by atoms with Crippen LogP contribution >= 0.6 is 0 Å². The Morgan fingerprint density at radius 1 is 1.45 bits per heavy atom. The van der Waals surface area contributed by atoms with E-state index in [0.717, 1.165) is 25.1 Å². The summed E-state index contributed by atoms with van der Waals surface area (Å²) in [5.74, 6) is 0.702. The van der Waals surface area contributed by atoms with Gasteiger partial charge >= 0.3 is 0 Å². The summed E-state index contributed by atoms with van der Waals surface area (Å²) in [5, 5.41) is 4.04. The Labute approximate surface area is 128 Å². The third-order valence-electron chi connectivity index (χ3n) is 3.96. The molecule has 1 atom stereocenters. The number of carbonyl (C=O) groups excluding carboxylic acids is 1. The Morgan fingerprint density at radius 2 is 2.27 bits per heavy atom. The molecule has 2 aromatic heterocycles. The molecule has 1 fully saturated rings. The Hall–Kier alpha value is -2.44. The second kappa shape index (κ2) is 5.75. The third kappa shape index (κ3) is 2.93. The van der Waals surface area contributed by atoms with Crippen LogP contribution in [0.2, 0.25) is 0 Å². The Bertz CT molecular complexity index is 748. The number of aryl methyl sites for hydroxylation is 2. The number of hydrogen-bond donors (Lipinski definition) is 1. The van der Waals surface area contributed by atoms with Crippen LogP contribution in [-0.2, 0) is 7.05 Å². The van der Waals surface area contributed by atoms with Gasteiger partial charge in [-0.1, -0.05) is 0 Å². The normalized spacial score (nSPS) is 18.5. The molecule has 1 unspecified atom stereocenters. The van der Waals surface area contributed by atoms with E-state index in [4.69, 9.17) is 0 Å². The predicted octanol–water partition coefficient (Wildman–Crippen LogP) is 0.832. The van der Waals surface area contributed by atoms with E-state index >= 15 is 0 Å². The van der Waals surface area contributed by atoms with Crippen LogP contribution in [0.15, 0.2) is 23.3 Å². The Balaban J connectivity index is 1.79. The monoisotopic (exact) mass is 301 g/mol. The summed E-state index contributed by atoms with van der Waals surface area (Å²) < 4.78 is 1.62. The minimum atomic E-state index is -0.141. The fraction of sp³-hybridized carbons (Fsp3) is 0.467. The second-order valence-electron chi connectivity index (χ2n) is 5.75. The highest BCUT2D eigenvalue weighted by Gasteiger charge is 2.27. The maximum Gasteiger partial charge on any atom is 0.257 e. The zero-order valence-electron chi connectivity index (χ0n) is 12.7. The molecule has 1 aliphatic rings. The number of aromatic nitrogens is 4. The Kier molecular flexibility index (Phi) is 3.79. The molecule has 3 heterocycles. The molecule has 2 aromatic rings. The number of nitrogens with zero attached hydrogens (tertiary/aromatic N) is 4. The average molecular weight is 301 g/mol. The van der Waals surface area contributed by atoms with Crippen molar-refractivity contribution >= 4 is 5.91 Å². The van der Waals surface area contributed by atoms with Crippen LogP contribution in [0.1, 0.15) is 40.6 Å². The first-order valence-electron chi connectivity index (χ1n) is 7.39. The molecule has 0 spiro atoms.